The van der Waals surface area contributed by atoms with Gasteiger partial charge < -0.3 is 61.4 Å². The molecule has 3 aliphatic rings. The van der Waals surface area contributed by atoms with Crippen LogP contribution in [-0.4, -0.2) is 96.1 Å². The molecule has 0 amide bonds. The Morgan fingerprint density at radius 2 is 1.45 bits per heavy atom. The van der Waals surface area contributed by atoms with Crippen molar-refractivity contribution in [2.45, 2.75) is 88.6 Å². The van der Waals surface area contributed by atoms with Gasteiger partial charge in [0.1, 0.15) is 18.0 Å². The van der Waals surface area contributed by atoms with E-state index in [1.807, 2.05) is 65.4 Å². The van der Waals surface area contributed by atoms with E-state index in [1.165, 1.54) is 40.7 Å². The molecule has 3 aromatic carbocycles. The van der Waals surface area contributed by atoms with Gasteiger partial charge in [-0.25, -0.2) is 4.79 Å². The van der Waals surface area contributed by atoms with Crippen molar-refractivity contribution >= 4 is 28.6 Å². The Morgan fingerprint density at radius 1 is 0.797 bits per heavy atom. The Bertz CT molecular complexity index is 1980. The molecule has 1 unspecified atom stereocenters. The van der Waals surface area contributed by atoms with Crippen LogP contribution < -0.4 is 27.0 Å². The first kappa shape index (κ1) is 51.4. The summed E-state index contributed by atoms with van der Waals surface area (Å²) < 4.78 is 18.7. The molecule has 3 fully saturated rings. The summed E-state index contributed by atoms with van der Waals surface area (Å²) in [5.74, 6) is 0.794. The minimum absolute atomic E-state index is 0. The molecule has 64 heavy (non-hydrogen) atoms. The minimum Gasteiger partial charge on any atom is -1.00 e. The van der Waals surface area contributed by atoms with Crippen molar-refractivity contribution in [2.75, 3.05) is 59.1 Å². The molecule has 2 atom stereocenters. The van der Waals surface area contributed by atoms with Crippen LogP contribution in [-0.2, 0) is 32.9 Å². The molecule has 10 nitrogen and oxygen atoms in total. The fraction of sp³-hybridized carbons (Fsp3) is 0.471. The van der Waals surface area contributed by atoms with Gasteiger partial charge >= 0.3 is 5.97 Å². The number of quaternary nitrogens is 1. The maximum Gasteiger partial charge on any atom is 0.349 e. The zero-order chi connectivity index (χ0) is 44.2. The summed E-state index contributed by atoms with van der Waals surface area (Å²) in [6.07, 6.45) is 10.2. The second kappa shape index (κ2) is 27.1. The number of aliphatic hydroxyl groups excluding tert-OH is 2. The lowest BCUT2D eigenvalue weighted by Gasteiger charge is -2.52. The molecular weight excluding hydrogens is 913 g/mol. The van der Waals surface area contributed by atoms with Crippen molar-refractivity contribution in [1.29, 1.82) is 0 Å². The predicted molar refractivity (Wildman–Crippen MR) is 251 cm³/mol. The Hall–Kier alpha value is -3.63. The molecule has 348 valence electrons. The van der Waals surface area contributed by atoms with Crippen LogP contribution in [0, 0.1) is 5.92 Å². The molecule has 0 aliphatic carbocycles. The standard InChI is InChI=1S/C26H30NO4S2.C25H37NO4.BrH/c28-25(26(29,23-9-4-17-32-23)24-10-5-18-33-24)31-22-19-27(14-11-20(22)12-15-27)13-6-16-30-21-7-2-1-3-8-21;27-20-23-18-22(13-14-24(23)28)25(29)19-26-15-7-1-2-8-16-30-17-9-6-12-21-10-4-3-5-11-21;/h1-5,7-10,17-18,20,22,29H,6,11-16,19H2;3-5,10-11,13-14,18,25-29H,1-2,6-9,12,15-17,19-20H2;1H/q+1;;/p-1/t20?,22-,27?;;/m0../s1. The number of piperidine rings is 3. The first-order chi connectivity index (χ1) is 30.8. The van der Waals surface area contributed by atoms with Crippen molar-refractivity contribution < 1.29 is 60.9 Å². The number of carbonyl (C=O) groups excluding carboxylic acids is 1. The maximum atomic E-state index is 13.4. The van der Waals surface area contributed by atoms with Gasteiger partial charge in [0.25, 0.3) is 0 Å². The number of aromatic hydroxyl groups is 1. The van der Waals surface area contributed by atoms with Crippen LogP contribution in [0.3, 0.4) is 0 Å². The smallest absolute Gasteiger partial charge is 0.349 e. The van der Waals surface area contributed by atoms with Gasteiger partial charge in [0.2, 0.25) is 5.60 Å². The fourth-order valence-electron chi connectivity index (χ4n) is 8.67. The van der Waals surface area contributed by atoms with Crippen molar-refractivity contribution in [3.63, 3.8) is 0 Å². The first-order valence-corrected chi connectivity index (χ1v) is 24.5. The number of halogens is 1. The lowest BCUT2D eigenvalue weighted by Crippen LogP contribution is -3.00. The number of carbonyl (C=O) groups is 1. The Kier molecular flexibility index (Phi) is 21.8. The summed E-state index contributed by atoms with van der Waals surface area (Å²) in [6.45, 7) is 7.57. The first-order valence-electron chi connectivity index (χ1n) is 22.8. The highest BCUT2D eigenvalue weighted by Gasteiger charge is 2.51. The van der Waals surface area contributed by atoms with Gasteiger partial charge in [0, 0.05) is 50.5 Å². The zero-order valence-electron chi connectivity index (χ0n) is 36.9. The van der Waals surface area contributed by atoms with E-state index in [0.717, 1.165) is 114 Å². The van der Waals surface area contributed by atoms with Gasteiger partial charge in [-0.1, -0.05) is 79.6 Å². The third-order valence-electron chi connectivity index (χ3n) is 12.4. The van der Waals surface area contributed by atoms with Crippen LogP contribution in [0.4, 0.5) is 0 Å². The van der Waals surface area contributed by atoms with Gasteiger partial charge in [-0.2, -0.15) is 0 Å². The number of nitrogens with one attached hydrogen (secondary N) is 1. The number of aliphatic hydroxyl groups is 3. The third-order valence-corrected chi connectivity index (χ3v) is 14.3. The molecule has 13 heteroatoms. The van der Waals surface area contributed by atoms with Gasteiger partial charge in [0.15, 0.2) is 6.10 Å². The van der Waals surface area contributed by atoms with Crippen LogP contribution in [0.15, 0.2) is 114 Å². The number of benzene rings is 3. The largest absolute Gasteiger partial charge is 1.00 e. The maximum absolute atomic E-state index is 13.4. The summed E-state index contributed by atoms with van der Waals surface area (Å²) in [5, 5.41) is 47.6. The quantitative estimate of drug-likeness (QED) is 0.0280. The number of nitrogens with zero attached hydrogens (tertiary/aromatic N) is 1. The second-order valence-corrected chi connectivity index (χ2v) is 18.8. The van der Waals surface area contributed by atoms with E-state index in [4.69, 9.17) is 14.2 Å². The van der Waals surface area contributed by atoms with E-state index in [9.17, 15) is 25.2 Å². The summed E-state index contributed by atoms with van der Waals surface area (Å²) in [5.41, 5.74) is 0.801. The van der Waals surface area contributed by atoms with Crippen LogP contribution in [0.25, 0.3) is 0 Å². The lowest BCUT2D eigenvalue weighted by atomic mass is 9.83. The van der Waals surface area contributed by atoms with Crippen molar-refractivity contribution in [3.8, 4) is 11.5 Å². The van der Waals surface area contributed by atoms with Gasteiger partial charge in [0.05, 0.1) is 48.7 Å². The van der Waals surface area contributed by atoms with Gasteiger partial charge in [-0.15, -0.1) is 22.7 Å². The molecule has 3 saturated heterocycles. The second-order valence-electron chi connectivity index (χ2n) is 16.9. The molecule has 8 rings (SSSR count). The number of ether oxygens (including phenoxy) is 3. The molecule has 0 radical (unpaired) electrons. The molecule has 2 bridgehead atoms. The highest BCUT2D eigenvalue weighted by molar-refractivity contribution is 7.12. The van der Waals surface area contributed by atoms with E-state index < -0.39 is 17.7 Å². The molecule has 5 aromatic rings. The highest BCUT2D eigenvalue weighted by atomic mass is 79.9. The zero-order valence-corrected chi connectivity index (χ0v) is 40.1. The van der Waals surface area contributed by atoms with Crippen molar-refractivity contribution in [2.24, 2.45) is 5.92 Å². The average Bonchev–Trinajstić information content (AvgIpc) is 4.08. The normalized spacial score (nSPS) is 18.4. The number of para-hydroxylation sites is 1. The molecule has 0 spiro atoms. The SMILES string of the molecule is O=C(O[C@H]1C[N+]2(CCCOc3ccccc3)CCC1CC2)C(O)(c1cccs1)c1cccs1.OCc1cc(C(O)CNCCCCCCOCCCCc2ccccc2)ccc1O.[Br-]. The minimum atomic E-state index is -1.73. The number of esters is 1. The summed E-state index contributed by atoms with van der Waals surface area (Å²) in [6, 6.07) is 32.7. The number of unbranched alkanes of at least 4 members (excludes halogenated alkanes) is 4. The van der Waals surface area contributed by atoms with Crippen LogP contribution in [0.5, 0.6) is 11.5 Å². The molecule has 3 aliphatic heterocycles. The molecule has 0 saturated carbocycles. The van der Waals surface area contributed by atoms with E-state index in [1.54, 1.807) is 12.1 Å². The predicted octanol–water partition coefficient (Wildman–Crippen LogP) is 5.78. The number of hydrogen-bond acceptors (Lipinski definition) is 11. The number of fused-ring (bicyclic) bond motifs is 3. The van der Waals surface area contributed by atoms with Crippen molar-refractivity contribution in [3.05, 3.63) is 140 Å². The number of rotatable bonds is 25. The third kappa shape index (κ3) is 15.2. The molecule has 5 heterocycles. The van der Waals surface area contributed by atoms with Crippen LogP contribution in [0.2, 0.25) is 0 Å². The summed E-state index contributed by atoms with van der Waals surface area (Å²) >= 11 is 2.77. The van der Waals surface area contributed by atoms with Crippen LogP contribution in [0.1, 0.15) is 90.3 Å². The summed E-state index contributed by atoms with van der Waals surface area (Å²) in [4.78, 5) is 14.7. The van der Waals surface area contributed by atoms with E-state index >= 15 is 0 Å². The van der Waals surface area contributed by atoms with Gasteiger partial charge in [-0.3, -0.25) is 0 Å². The summed E-state index contributed by atoms with van der Waals surface area (Å²) in [7, 11) is 0. The Labute approximate surface area is 398 Å². The van der Waals surface area contributed by atoms with E-state index in [2.05, 4.69) is 35.6 Å². The van der Waals surface area contributed by atoms with E-state index in [-0.39, 0.29) is 35.4 Å². The van der Waals surface area contributed by atoms with E-state index in [0.29, 0.717) is 40.0 Å². The lowest BCUT2D eigenvalue weighted by molar-refractivity contribution is -0.946. The number of thiophene rings is 2. The van der Waals surface area contributed by atoms with Crippen LogP contribution >= 0.6 is 22.7 Å². The monoisotopic (exact) mass is 978 g/mol. The number of hydrogen-bond donors (Lipinski definition) is 5. The molecule has 2 aromatic heterocycles. The Morgan fingerprint density at radius 3 is 2.11 bits per heavy atom. The fourth-order valence-corrected chi connectivity index (χ4v) is 10.4. The topological polar surface area (TPSA) is 138 Å². The molecular formula is C51H67BrN2O8S2. The Balaban J connectivity index is 0.000000239. The molecule has 5 N–H and O–H groups in total. The number of phenols is 1. The highest BCUT2D eigenvalue weighted by Crippen LogP contribution is 2.40. The average molecular weight is 980 g/mol. The number of aryl methyl sites for hydroxylation is 1. The van der Waals surface area contributed by atoms with Gasteiger partial charge in [-0.05, 0) is 96.9 Å². The van der Waals surface area contributed by atoms with Crippen molar-refractivity contribution in [1.82, 2.24) is 5.32 Å².